The maximum atomic E-state index is 2.58. The van der Waals surface area contributed by atoms with Crippen LogP contribution in [0.15, 0.2) is 94.7 Å². The smallest absolute Gasteiger partial charge is 0.329 e. The highest BCUT2D eigenvalue weighted by atomic mass is 32.2. The summed E-state index contributed by atoms with van der Waals surface area (Å²) in [6.45, 7) is 9.10. The van der Waals surface area contributed by atoms with Gasteiger partial charge in [0.15, 0.2) is 0 Å². The number of hydrogen-bond acceptors (Lipinski definition) is 2. The van der Waals surface area contributed by atoms with E-state index in [1.165, 1.54) is 54.3 Å². The zero-order valence-corrected chi connectivity index (χ0v) is 19.3. The first-order valence-corrected chi connectivity index (χ1v) is 11.7. The molecule has 1 heterocycles. The Balaban J connectivity index is 1.88. The zero-order chi connectivity index (χ0) is 21.5. The molecule has 0 aromatic heterocycles. The molecule has 0 saturated carbocycles. The van der Waals surface area contributed by atoms with Crippen molar-refractivity contribution in [3.8, 4) is 0 Å². The summed E-state index contributed by atoms with van der Waals surface area (Å²) in [6, 6.07) is 31.0. The minimum atomic E-state index is 0.102. The van der Waals surface area contributed by atoms with Crippen LogP contribution in [0.25, 0.3) is 0 Å². The normalized spacial score (nSPS) is 12.3. The maximum Gasteiger partial charge on any atom is 0.329 e. The topological polar surface area (TPSA) is 3.24 Å². The highest BCUT2D eigenvalue weighted by Crippen LogP contribution is 2.48. The second kappa shape index (κ2) is 7.98. The first-order valence-electron chi connectivity index (χ1n) is 10.8. The van der Waals surface area contributed by atoms with Gasteiger partial charge in [-0.2, -0.15) is 0 Å². The Labute approximate surface area is 190 Å². The van der Waals surface area contributed by atoms with Crippen LogP contribution in [0.1, 0.15) is 22.3 Å². The van der Waals surface area contributed by atoms with Gasteiger partial charge in [-0.25, -0.2) is 0 Å². The van der Waals surface area contributed by atoms with Crippen LogP contribution in [0.2, 0.25) is 0 Å². The van der Waals surface area contributed by atoms with E-state index in [9.17, 15) is 0 Å². The third-order valence-electron chi connectivity index (χ3n) is 6.36. The molecule has 5 rings (SSSR count). The van der Waals surface area contributed by atoms with Crippen molar-refractivity contribution in [1.29, 1.82) is 0 Å². The molecule has 152 valence electrons. The van der Waals surface area contributed by atoms with Crippen molar-refractivity contribution in [3.63, 3.8) is 0 Å². The van der Waals surface area contributed by atoms with Gasteiger partial charge in [-0.3, -0.25) is 0 Å². The van der Waals surface area contributed by atoms with Gasteiger partial charge in [0, 0.05) is 21.2 Å². The lowest BCUT2D eigenvalue weighted by atomic mass is 9.45. The molecule has 1 aliphatic heterocycles. The second-order valence-electron chi connectivity index (χ2n) is 8.42. The van der Waals surface area contributed by atoms with Crippen LogP contribution in [0.4, 0.5) is 11.4 Å². The van der Waals surface area contributed by atoms with Crippen LogP contribution < -0.4 is 15.7 Å². The van der Waals surface area contributed by atoms with Crippen LogP contribution >= 0.6 is 11.8 Å². The molecule has 0 fully saturated rings. The molecule has 0 saturated heterocycles. The molecule has 0 N–H and O–H groups in total. The fourth-order valence-electron chi connectivity index (χ4n) is 4.93. The molecule has 0 bridgehead atoms. The first-order chi connectivity index (χ1) is 15.1. The molecule has 0 radical (unpaired) electrons. The first kappa shape index (κ1) is 20.0. The summed E-state index contributed by atoms with van der Waals surface area (Å²) in [4.78, 5) is 5.19. The predicted octanol–water partition coefficient (Wildman–Crippen LogP) is 6.33. The molecule has 4 aromatic rings. The number of para-hydroxylation sites is 2. The number of anilines is 2. The van der Waals surface area contributed by atoms with Crippen molar-refractivity contribution >= 4 is 40.9 Å². The van der Waals surface area contributed by atoms with Crippen molar-refractivity contribution in [2.75, 3.05) is 4.81 Å². The lowest BCUT2D eigenvalue weighted by Crippen LogP contribution is -2.58. The predicted molar refractivity (Wildman–Crippen MR) is 136 cm³/mol. The highest BCUT2D eigenvalue weighted by Gasteiger charge is 2.37. The minimum absolute atomic E-state index is 0.102. The summed E-state index contributed by atoms with van der Waals surface area (Å²) in [7, 11) is 0. The number of nitrogens with zero attached hydrogens (tertiary/aromatic N) is 1. The van der Waals surface area contributed by atoms with E-state index in [1.807, 2.05) is 11.8 Å². The quantitative estimate of drug-likeness (QED) is 0.357. The molecule has 3 heteroatoms. The SMILES string of the molecule is Cc1cccc(C)c1B(c1c(C)cccc1C)N1c2ccccc2Sc2ccccc21. The Morgan fingerprint density at radius 1 is 0.516 bits per heavy atom. The van der Waals surface area contributed by atoms with E-state index in [1.54, 1.807) is 0 Å². The van der Waals surface area contributed by atoms with Gasteiger partial charge in [-0.15, -0.1) is 0 Å². The van der Waals surface area contributed by atoms with Gasteiger partial charge in [0.25, 0.3) is 0 Å². The number of hydrogen-bond donors (Lipinski definition) is 0. The van der Waals surface area contributed by atoms with Crippen molar-refractivity contribution < 1.29 is 0 Å². The van der Waals surface area contributed by atoms with E-state index in [2.05, 4.69) is 117 Å². The van der Waals surface area contributed by atoms with E-state index in [-0.39, 0.29) is 6.85 Å². The Bertz CT molecular complexity index is 1140. The lowest BCUT2D eigenvalue weighted by Gasteiger charge is -2.39. The minimum Gasteiger partial charge on any atom is -0.375 e. The fraction of sp³-hybridized carbons (Fsp3) is 0.143. The van der Waals surface area contributed by atoms with E-state index < -0.39 is 0 Å². The lowest BCUT2D eigenvalue weighted by molar-refractivity contribution is 1.22. The molecular weight excluding hydrogens is 393 g/mol. The van der Waals surface area contributed by atoms with Crippen LogP contribution in [0.5, 0.6) is 0 Å². The molecule has 0 unspecified atom stereocenters. The van der Waals surface area contributed by atoms with Gasteiger partial charge in [-0.1, -0.05) is 94.7 Å². The van der Waals surface area contributed by atoms with Crippen molar-refractivity contribution in [1.82, 2.24) is 0 Å². The maximum absolute atomic E-state index is 2.58. The van der Waals surface area contributed by atoms with E-state index in [4.69, 9.17) is 0 Å². The molecule has 1 aliphatic rings. The molecule has 4 aromatic carbocycles. The van der Waals surface area contributed by atoms with Crippen molar-refractivity contribution in [3.05, 3.63) is 107 Å². The van der Waals surface area contributed by atoms with E-state index in [0.29, 0.717) is 0 Å². The molecule has 31 heavy (non-hydrogen) atoms. The molecule has 1 nitrogen and oxygen atoms in total. The average molecular weight is 419 g/mol. The monoisotopic (exact) mass is 419 g/mol. The van der Waals surface area contributed by atoms with Gasteiger partial charge in [0.1, 0.15) is 0 Å². The van der Waals surface area contributed by atoms with Gasteiger partial charge >= 0.3 is 6.85 Å². The highest BCUT2D eigenvalue weighted by molar-refractivity contribution is 7.99. The zero-order valence-electron chi connectivity index (χ0n) is 18.5. The summed E-state index contributed by atoms with van der Waals surface area (Å²) >= 11 is 1.87. The summed E-state index contributed by atoms with van der Waals surface area (Å²) in [5.41, 5.74) is 10.7. The molecule has 0 amide bonds. The van der Waals surface area contributed by atoms with Gasteiger partial charge < -0.3 is 4.81 Å². The molecule has 0 spiro atoms. The number of aryl methyl sites for hydroxylation is 4. The molecular formula is C28H26BNS. The Hall–Kier alpha value is -2.91. The summed E-state index contributed by atoms with van der Waals surface area (Å²) < 4.78 is 0. The Kier molecular flexibility index (Phi) is 5.15. The Morgan fingerprint density at radius 3 is 1.32 bits per heavy atom. The number of benzene rings is 4. The largest absolute Gasteiger partial charge is 0.375 e. The van der Waals surface area contributed by atoms with Gasteiger partial charge in [0.05, 0.1) is 0 Å². The van der Waals surface area contributed by atoms with E-state index >= 15 is 0 Å². The summed E-state index contributed by atoms with van der Waals surface area (Å²) in [6.07, 6.45) is 0. The number of fused-ring (bicyclic) bond motifs is 2. The molecule has 0 atom stereocenters. The van der Waals surface area contributed by atoms with Crippen LogP contribution in [0.3, 0.4) is 0 Å². The van der Waals surface area contributed by atoms with Crippen molar-refractivity contribution in [2.24, 2.45) is 0 Å². The third kappa shape index (κ3) is 3.38. The van der Waals surface area contributed by atoms with Crippen molar-refractivity contribution in [2.45, 2.75) is 37.5 Å². The third-order valence-corrected chi connectivity index (χ3v) is 7.49. The van der Waals surface area contributed by atoms with Crippen LogP contribution in [-0.4, -0.2) is 6.85 Å². The standard InChI is InChI=1S/C28H26BNS/c1-19-11-9-12-20(2)27(19)29(28-21(3)13-10-14-22(28)4)30-23-15-5-7-17-25(23)31-26-18-8-6-16-24(26)30/h5-18H,1-4H3. The second-order valence-corrected chi connectivity index (χ2v) is 9.50. The fourth-order valence-corrected chi connectivity index (χ4v) is 6.00. The summed E-state index contributed by atoms with van der Waals surface area (Å²) in [5, 5.41) is 0. The number of rotatable bonds is 3. The summed E-state index contributed by atoms with van der Waals surface area (Å²) in [5.74, 6) is 0. The average Bonchev–Trinajstić information content (AvgIpc) is 2.76. The van der Waals surface area contributed by atoms with E-state index in [0.717, 1.165) is 0 Å². The Morgan fingerprint density at radius 2 is 0.903 bits per heavy atom. The van der Waals surface area contributed by atoms with Crippen LogP contribution in [-0.2, 0) is 0 Å². The van der Waals surface area contributed by atoms with Gasteiger partial charge in [0.2, 0.25) is 0 Å². The molecule has 0 aliphatic carbocycles. The van der Waals surface area contributed by atoms with Crippen LogP contribution in [0, 0.1) is 27.7 Å². The van der Waals surface area contributed by atoms with Gasteiger partial charge in [-0.05, 0) is 62.9 Å².